The van der Waals surface area contributed by atoms with Crippen LogP contribution in [0, 0.1) is 0 Å². The lowest BCUT2D eigenvalue weighted by Crippen LogP contribution is -1.81. The van der Waals surface area contributed by atoms with Gasteiger partial charge in [-0.15, -0.1) is 0 Å². The van der Waals surface area contributed by atoms with E-state index >= 15 is 0 Å². The molecule has 0 atom stereocenters. The Morgan fingerprint density at radius 1 is 0.370 bits per heavy atom. The molecule has 0 fully saturated rings. The van der Waals surface area contributed by atoms with Gasteiger partial charge in [0.2, 0.25) is 0 Å². The predicted molar refractivity (Wildman–Crippen MR) is 79.9 cm³/mol. The Morgan fingerprint density at radius 3 is 0.370 bits per heavy atom. The first-order chi connectivity index (χ1) is 11.8. The normalized spacial score (nSPS) is 6.00. The molecule has 0 aromatic carbocycles. The molecule has 164 valence electrons. The van der Waals surface area contributed by atoms with Crippen molar-refractivity contribution in [1.29, 1.82) is 0 Å². The largest absolute Gasteiger partial charge is 0.503 e. The maximum absolute atomic E-state index is 8.56. The zero-order chi connectivity index (χ0) is 24.2. The van der Waals surface area contributed by atoms with E-state index in [0.29, 0.717) is 0 Å². The molecule has 12 N–H and O–H groups in total. The summed E-state index contributed by atoms with van der Waals surface area (Å²) in [5.74, 6) is 0. The molecule has 0 aliphatic carbocycles. The Kier molecular flexibility index (Phi) is 69.0. The van der Waals surface area contributed by atoms with Gasteiger partial charge in [-0.2, -0.15) is 0 Å². The third kappa shape index (κ3) is 434. The molecule has 0 unspecified atom stereocenters. The van der Waals surface area contributed by atoms with Crippen molar-refractivity contribution in [2.24, 2.45) is 0 Å². The van der Waals surface area contributed by atoms with Crippen molar-refractivity contribution < 1.29 is 90.0 Å². The maximum atomic E-state index is 8.56. The summed E-state index contributed by atoms with van der Waals surface area (Å²) in [5.41, 5.74) is 0. The van der Waals surface area contributed by atoms with Crippen LogP contribution in [0.5, 0.6) is 0 Å². The first-order valence-corrected chi connectivity index (χ1v) is 5.32. The van der Waals surface area contributed by atoms with Crippen LogP contribution in [0.15, 0.2) is 0 Å². The second kappa shape index (κ2) is 43.0. The zero-order valence-electron chi connectivity index (χ0n) is 13.5. The molecule has 0 aliphatic rings. The van der Waals surface area contributed by atoms with Crippen molar-refractivity contribution in [3.63, 3.8) is 0 Å². The van der Waals surface area contributed by atoms with Gasteiger partial charge in [0.15, 0.2) is 0 Å². The molecule has 18 nitrogen and oxygen atoms in total. The SMILES string of the molecule is CCC.O=C(O)O.O=C(O)O.O=C(O)O.O=C(O)O.O=C(O)O.O=C(O)O. The number of hydrogen-bond donors (Lipinski definition) is 12. The van der Waals surface area contributed by atoms with Gasteiger partial charge in [0.1, 0.15) is 0 Å². The maximum Gasteiger partial charge on any atom is 0.503 e. The number of carboxylic acid groups (broad SMARTS) is 12. The molecule has 0 radical (unpaired) electrons. The molecule has 0 rings (SSSR count). The fourth-order valence-electron chi connectivity index (χ4n) is 0. The number of rotatable bonds is 0. The quantitative estimate of drug-likeness (QED) is 0.269. The molecule has 0 saturated heterocycles. The molecule has 0 spiro atoms. The van der Waals surface area contributed by atoms with Crippen LogP contribution in [0.4, 0.5) is 28.8 Å². The van der Waals surface area contributed by atoms with Gasteiger partial charge >= 0.3 is 36.9 Å². The average molecular weight is 416 g/mol. The van der Waals surface area contributed by atoms with Crippen LogP contribution in [-0.4, -0.2) is 98.2 Å². The van der Waals surface area contributed by atoms with Gasteiger partial charge in [0, 0.05) is 0 Å². The summed E-state index contributed by atoms with van der Waals surface area (Å²) in [4.78, 5) is 51.3. The van der Waals surface area contributed by atoms with E-state index in [1.54, 1.807) is 0 Å². The van der Waals surface area contributed by atoms with E-state index < -0.39 is 36.9 Å². The topological polar surface area (TPSA) is 345 Å². The summed E-state index contributed by atoms with van der Waals surface area (Å²) < 4.78 is 0. The molecule has 0 amide bonds. The van der Waals surface area contributed by atoms with Gasteiger partial charge < -0.3 is 61.3 Å². The summed E-state index contributed by atoms with van der Waals surface area (Å²) in [6.45, 7) is 4.25. The van der Waals surface area contributed by atoms with Gasteiger partial charge in [0.05, 0.1) is 0 Å². The highest BCUT2D eigenvalue weighted by molar-refractivity contribution is 5.54. The third-order valence-corrected chi connectivity index (χ3v) is 0. The second-order valence-corrected chi connectivity index (χ2v) is 2.40. The highest BCUT2D eigenvalue weighted by Crippen LogP contribution is 1.56. The highest BCUT2D eigenvalue weighted by Gasteiger charge is 1.72. The van der Waals surface area contributed by atoms with Crippen molar-refractivity contribution in [3.8, 4) is 0 Å². The smallest absolute Gasteiger partial charge is 0.450 e. The summed E-state index contributed by atoms with van der Waals surface area (Å²) in [5, 5.41) is 83.7. The van der Waals surface area contributed by atoms with E-state index in [2.05, 4.69) is 13.8 Å². The molecule has 27 heavy (non-hydrogen) atoms. The summed E-state index contributed by atoms with van der Waals surface area (Å²) in [7, 11) is 0. The molecule has 18 heteroatoms. The van der Waals surface area contributed by atoms with Crippen molar-refractivity contribution in [2.45, 2.75) is 20.3 Å². The molecule has 0 bridgehead atoms. The standard InChI is InChI=1S/C3H8.6CH2O3/c1-3-2;6*2-1(3)4/h3H2,1-2H3;6*(H2,2,3,4). The van der Waals surface area contributed by atoms with Crippen LogP contribution in [0.1, 0.15) is 20.3 Å². The van der Waals surface area contributed by atoms with E-state index in [1.165, 1.54) is 6.42 Å². The Balaban J connectivity index is -0.0000000346. The minimum Gasteiger partial charge on any atom is -0.450 e. The Morgan fingerprint density at radius 2 is 0.370 bits per heavy atom. The van der Waals surface area contributed by atoms with Crippen LogP contribution < -0.4 is 0 Å². The van der Waals surface area contributed by atoms with Crippen molar-refractivity contribution >= 4 is 36.9 Å². The van der Waals surface area contributed by atoms with Gasteiger partial charge in [0.25, 0.3) is 0 Å². The minimum atomic E-state index is -1.83. The van der Waals surface area contributed by atoms with Crippen LogP contribution >= 0.6 is 0 Å². The molecular weight excluding hydrogens is 396 g/mol. The van der Waals surface area contributed by atoms with Crippen LogP contribution in [0.25, 0.3) is 0 Å². The van der Waals surface area contributed by atoms with Gasteiger partial charge in [-0.1, -0.05) is 20.3 Å². The van der Waals surface area contributed by atoms with Gasteiger partial charge in [-0.3, -0.25) is 0 Å². The summed E-state index contributed by atoms with van der Waals surface area (Å²) >= 11 is 0. The molecule has 0 heterocycles. The fraction of sp³-hybridized carbons (Fsp3) is 0.333. The average Bonchev–Trinajstić information content (AvgIpc) is 2.22. The first kappa shape index (κ1) is 43.3. The van der Waals surface area contributed by atoms with Gasteiger partial charge in [-0.25, -0.2) is 28.8 Å². The summed E-state index contributed by atoms with van der Waals surface area (Å²) in [6, 6.07) is 0. The second-order valence-electron chi connectivity index (χ2n) is 2.40. The predicted octanol–water partition coefficient (Wildman–Crippen LogP) is 2.75. The minimum absolute atomic E-state index is 1.25. The van der Waals surface area contributed by atoms with Crippen molar-refractivity contribution in [2.75, 3.05) is 0 Å². The Hall–Kier alpha value is -4.38. The van der Waals surface area contributed by atoms with E-state index in [4.69, 9.17) is 90.0 Å². The first-order valence-electron chi connectivity index (χ1n) is 5.32. The summed E-state index contributed by atoms with van der Waals surface area (Å²) in [6.07, 6.45) is -9.75. The Bertz CT molecular complexity index is 269. The lowest BCUT2D eigenvalue weighted by Gasteiger charge is -1.60. The van der Waals surface area contributed by atoms with E-state index in [9.17, 15) is 0 Å². The van der Waals surface area contributed by atoms with Crippen LogP contribution in [0.3, 0.4) is 0 Å². The monoisotopic (exact) mass is 416 g/mol. The van der Waals surface area contributed by atoms with Crippen LogP contribution in [0.2, 0.25) is 0 Å². The Labute approximate surface area is 148 Å². The number of carbonyl (C=O) groups is 6. The zero-order valence-corrected chi connectivity index (χ0v) is 13.5. The van der Waals surface area contributed by atoms with E-state index in [-0.39, 0.29) is 0 Å². The fourth-order valence-corrected chi connectivity index (χ4v) is 0. The van der Waals surface area contributed by atoms with Gasteiger partial charge in [-0.05, 0) is 0 Å². The van der Waals surface area contributed by atoms with E-state index in [1.807, 2.05) is 0 Å². The lowest BCUT2D eigenvalue weighted by molar-refractivity contribution is 0.135. The van der Waals surface area contributed by atoms with E-state index in [0.717, 1.165) is 0 Å². The van der Waals surface area contributed by atoms with Crippen molar-refractivity contribution in [1.82, 2.24) is 0 Å². The third-order valence-electron chi connectivity index (χ3n) is 0. The highest BCUT2D eigenvalue weighted by atomic mass is 16.6. The molecular formula is C9H20O18. The molecule has 0 aliphatic heterocycles. The lowest BCUT2D eigenvalue weighted by atomic mass is 10.6. The molecule has 0 aromatic rings. The van der Waals surface area contributed by atoms with Crippen LogP contribution in [-0.2, 0) is 0 Å². The van der Waals surface area contributed by atoms with Crippen molar-refractivity contribution in [3.05, 3.63) is 0 Å². The molecule has 0 saturated carbocycles. The number of hydrogen-bond acceptors (Lipinski definition) is 6. The molecule has 0 aromatic heterocycles.